The number of fused-ring (bicyclic) bond motifs is 1. The summed E-state index contributed by atoms with van der Waals surface area (Å²) in [6, 6.07) is 14.9. The van der Waals surface area contributed by atoms with Crippen LogP contribution in [0.4, 0.5) is 0 Å². The molecule has 1 amide bonds. The number of nitrogens with zero attached hydrogens (tertiary/aromatic N) is 1. The molecule has 3 aromatic rings. The van der Waals surface area contributed by atoms with Crippen LogP contribution in [0.25, 0.3) is 22.2 Å². The van der Waals surface area contributed by atoms with E-state index in [1.807, 2.05) is 48.5 Å². The number of aryl methyl sites for hydroxylation is 1. The maximum Gasteiger partial charge on any atom is 0.326 e. The summed E-state index contributed by atoms with van der Waals surface area (Å²) in [5, 5.41) is 10.2. The van der Waals surface area contributed by atoms with Crippen LogP contribution in [0.1, 0.15) is 18.9 Å². The number of rotatable bonds is 7. The van der Waals surface area contributed by atoms with Gasteiger partial charge in [-0.25, -0.2) is 4.79 Å². The van der Waals surface area contributed by atoms with Gasteiger partial charge in [-0.05, 0) is 54.8 Å². The van der Waals surface area contributed by atoms with E-state index in [4.69, 9.17) is 9.84 Å². The molecule has 3 rings (SSSR count). The van der Waals surface area contributed by atoms with Gasteiger partial charge in [-0.15, -0.1) is 0 Å². The van der Waals surface area contributed by atoms with Crippen LogP contribution in [-0.2, 0) is 16.0 Å². The second-order valence-electron chi connectivity index (χ2n) is 6.77. The van der Waals surface area contributed by atoms with Gasteiger partial charge in [-0.2, -0.15) is 0 Å². The largest absolute Gasteiger partial charge is 0.497 e. The van der Waals surface area contributed by atoms with Gasteiger partial charge >= 0.3 is 5.97 Å². The zero-order valence-corrected chi connectivity index (χ0v) is 16.2. The van der Waals surface area contributed by atoms with Gasteiger partial charge in [0.2, 0.25) is 5.91 Å². The zero-order chi connectivity index (χ0) is 20.3. The normalized spacial score (nSPS) is 12.0. The third-order valence-corrected chi connectivity index (χ3v) is 5.11. The van der Waals surface area contributed by atoms with Gasteiger partial charge in [0.25, 0.3) is 0 Å². The van der Waals surface area contributed by atoms with Crippen molar-refractivity contribution >= 4 is 22.8 Å². The molecule has 2 N–H and O–H groups in total. The Balaban J connectivity index is 1.91. The molecule has 0 radical (unpaired) electrons. The fourth-order valence-corrected chi connectivity index (χ4v) is 3.25. The number of likely N-dealkylation sites (N-methyl/N-ethyl adjacent to an activating group) is 1. The lowest BCUT2D eigenvalue weighted by Gasteiger charge is -2.21. The van der Waals surface area contributed by atoms with Crippen LogP contribution in [0, 0.1) is 0 Å². The SMILES string of the molecule is COc1ccc(-c2[nH]c3ccccc3c2CCC(=O)N(C)C(C)C(=O)O)cc1. The molecule has 0 saturated carbocycles. The summed E-state index contributed by atoms with van der Waals surface area (Å²) < 4.78 is 5.23. The van der Waals surface area contributed by atoms with E-state index in [0.717, 1.165) is 33.5 Å². The number of carbonyl (C=O) groups excluding carboxylic acids is 1. The quantitative estimate of drug-likeness (QED) is 0.655. The summed E-state index contributed by atoms with van der Waals surface area (Å²) in [6.07, 6.45) is 0.750. The Morgan fingerprint density at radius 3 is 2.46 bits per heavy atom. The molecule has 1 atom stereocenters. The second kappa shape index (κ2) is 8.17. The first-order valence-electron chi connectivity index (χ1n) is 9.15. The highest BCUT2D eigenvalue weighted by molar-refractivity contribution is 5.91. The van der Waals surface area contributed by atoms with Crippen LogP contribution in [0.3, 0.4) is 0 Å². The van der Waals surface area contributed by atoms with Gasteiger partial charge in [0.05, 0.1) is 7.11 Å². The average Bonchev–Trinajstić information content (AvgIpc) is 3.09. The summed E-state index contributed by atoms with van der Waals surface area (Å²) in [4.78, 5) is 28.4. The van der Waals surface area contributed by atoms with E-state index in [9.17, 15) is 9.59 Å². The summed E-state index contributed by atoms with van der Waals surface area (Å²) in [6.45, 7) is 1.51. The van der Waals surface area contributed by atoms with Gasteiger partial charge < -0.3 is 19.7 Å². The van der Waals surface area contributed by atoms with E-state index >= 15 is 0 Å². The minimum Gasteiger partial charge on any atom is -0.497 e. The lowest BCUT2D eigenvalue weighted by atomic mass is 10.0. The van der Waals surface area contributed by atoms with E-state index in [1.165, 1.54) is 18.9 Å². The number of hydrogen-bond acceptors (Lipinski definition) is 3. The number of aromatic nitrogens is 1. The number of para-hydroxylation sites is 1. The molecule has 0 fully saturated rings. The van der Waals surface area contributed by atoms with Crippen molar-refractivity contribution in [3.8, 4) is 17.0 Å². The molecule has 0 saturated heterocycles. The molecule has 0 aliphatic heterocycles. The highest BCUT2D eigenvalue weighted by atomic mass is 16.5. The van der Waals surface area contributed by atoms with E-state index < -0.39 is 12.0 Å². The van der Waals surface area contributed by atoms with Crippen LogP contribution in [0.5, 0.6) is 5.75 Å². The Kier molecular flexibility index (Phi) is 5.68. The summed E-state index contributed by atoms with van der Waals surface area (Å²) in [5.41, 5.74) is 4.02. The Morgan fingerprint density at radius 1 is 1.14 bits per heavy atom. The number of aliphatic carboxylic acids is 1. The molecule has 6 heteroatoms. The molecule has 0 aliphatic carbocycles. The van der Waals surface area contributed by atoms with Gasteiger partial charge in [-0.3, -0.25) is 4.79 Å². The van der Waals surface area contributed by atoms with Crippen LogP contribution >= 0.6 is 0 Å². The molecular weight excluding hydrogens is 356 g/mol. The standard InChI is InChI=1S/C22H24N2O4/c1-14(22(26)27)24(2)20(25)13-12-18-17-6-4-5-7-19(17)23-21(18)15-8-10-16(28-3)11-9-15/h4-11,14,23H,12-13H2,1-3H3,(H,26,27). The number of amides is 1. The number of ether oxygens (including phenoxy) is 1. The molecule has 146 valence electrons. The first-order valence-corrected chi connectivity index (χ1v) is 9.15. The highest BCUT2D eigenvalue weighted by Crippen LogP contribution is 2.32. The summed E-state index contributed by atoms with van der Waals surface area (Å²) in [5.74, 6) is -0.427. The van der Waals surface area contributed by atoms with E-state index in [0.29, 0.717) is 6.42 Å². The topological polar surface area (TPSA) is 82.6 Å². The Labute approximate surface area is 163 Å². The summed E-state index contributed by atoms with van der Waals surface area (Å²) >= 11 is 0. The van der Waals surface area contributed by atoms with E-state index in [1.54, 1.807) is 7.11 Å². The molecular formula is C22H24N2O4. The number of methoxy groups -OCH3 is 1. The molecule has 1 unspecified atom stereocenters. The van der Waals surface area contributed by atoms with Crippen molar-refractivity contribution in [2.75, 3.05) is 14.2 Å². The van der Waals surface area contributed by atoms with Gasteiger partial charge in [0.15, 0.2) is 0 Å². The minimum absolute atomic E-state index is 0.194. The zero-order valence-electron chi connectivity index (χ0n) is 16.2. The fourth-order valence-electron chi connectivity index (χ4n) is 3.25. The minimum atomic E-state index is -1.01. The molecule has 28 heavy (non-hydrogen) atoms. The predicted octanol–water partition coefficient (Wildman–Crippen LogP) is 3.71. The third-order valence-electron chi connectivity index (χ3n) is 5.11. The van der Waals surface area contributed by atoms with Crippen molar-refractivity contribution in [2.24, 2.45) is 0 Å². The average molecular weight is 380 g/mol. The van der Waals surface area contributed by atoms with Gasteiger partial charge in [0.1, 0.15) is 11.8 Å². The molecule has 6 nitrogen and oxygen atoms in total. The molecule has 1 aromatic heterocycles. The van der Waals surface area contributed by atoms with Gasteiger partial charge in [-0.1, -0.05) is 18.2 Å². The van der Waals surface area contributed by atoms with Crippen molar-refractivity contribution in [1.29, 1.82) is 0 Å². The van der Waals surface area contributed by atoms with Crippen molar-refractivity contribution in [3.63, 3.8) is 0 Å². The predicted molar refractivity (Wildman–Crippen MR) is 108 cm³/mol. The number of nitrogens with one attached hydrogen (secondary N) is 1. The molecule has 0 spiro atoms. The number of H-pyrrole nitrogens is 1. The third kappa shape index (κ3) is 3.86. The van der Waals surface area contributed by atoms with Gasteiger partial charge in [0, 0.05) is 30.1 Å². The maximum atomic E-state index is 12.5. The monoisotopic (exact) mass is 380 g/mol. The summed E-state index contributed by atoms with van der Waals surface area (Å²) in [7, 11) is 3.16. The fraction of sp³-hybridized carbons (Fsp3) is 0.273. The van der Waals surface area contributed by atoms with Crippen LogP contribution in [0.15, 0.2) is 48.5 Å². The lowest BCUT2D eigenvalue weighted by Crippen LogP contribution is -2.40. The Morgan fingerprint density at radius 2 is 1.82 bits per heavy atom. The lowest BCUT2D eigenvalue weighted by molar-refractivity contribution is -0.148. The number of aromatic amines is 1. The highest BCUT2D eigenvalue weighted by Gasteiger charge is 2.22. The number of hydrogen-bond donors (Lipinski definition) is 2. The molecule has 0 bridgehead atoms. The van der Waals surface area contributed by atoms with Crippen LogP contribution in [-0.4, -0.2) is 47.1 Å². The van der Waals surface area contributed by atoms with Crippen molar-refractivity contribution in [2.45, 2.75) is 25.8 Å². The van der Waals surface area contributed by atoms with Crippen molar-refractivity contribution in [3.05, 3.63) is 54.1 Å². The number of carbonyl (C=O) groups is 2. The molecule has 0 aliphatic rings. The van der Waals surface area contributed by atoms with E-state index in [2.05, 4.69) is 4.98 Å². The molecule has 2 aromatic carbocycles. The number of carboxylic acid groups (broad SMARTS) is 1. The van der Waals surface area contributed by atoms with Crippen LogP contribution < -0.4 is 4.74 Å². The Hall–Kier alpha value is -3.28. The first-order chi connectivity index (χ1) is 13.4. The number of carboxylic acids is 1. The van der Waals surface area contributed by atoms with E-state index in [-0.39, 0.29) is 12.3 Å². The Bertz CT molecular complexity index is 991. The van der Waals surface area contributed by atoms with Crippen LogP contribution in [0.2, 0.25) is 0 Å². The number of benzene rings is 2. The van der Waals surface area contributed by atoms with Crippen molar-refractivity contribution in [1.82, 2.24) is 9.88 Å². The maximum absolute atomic E-state index is 12.5. The second-order valence-corrected chi connectivity index (χ2v) is 6.77. The first kappa shape index (κ1) is 19.5. The smallest absolute Gasteiger partial charge is 0.326 e. The van der Waals surface area contributed by atoms with Crippen molar-refractivity contribution < 1.29 is 19.4 Å². The molecule has 1 heterocycles.